The summed E-state index contributed by atoms with van der Waals surface area (Å²) in [6.07, 6.45) is 3.02. The van der Waals surface area contributed by atoms with E-state index in [9.17, 15) is 9.59 Å². The summed E-state index contributed by atoms with van der Waals surface area (Å²) in [4.78, 5) is 23.2. The van der Waals surface area contributed by atoms with E-state index in [1.54, 1.807) is 13.0 Å². The smallest absolute Gasteiger partial charge is 0.330 e. The lowest BCUT2D eigenvalue weighted by atomic mass is 9.89. The Labute approximate surface area is 136 Å². The molecule has 1 N–H and O–H groups in total. The molecule has 0 spiro atoms. The normalized spacial score (nSPS) is 13.7. The third-order valence-corrected chi connectivity index (χ3v) is 3.62. The molecule has 0 aliphatic heterocycles. The molecule has 1 atom stereocenters. The van der Waals surface area contributed by atoms with E-state index in [2.05, 4.69) is 5.32 Å². The number of carbonyl (C=O) groups excluding carboxylic acids is 2. The summed E-state index contributed by atoms with van der Waals surface area (Å²) < 4.78 is 4.91. The number of amides is 1. The van der Waals surface area contributed by atoms with Crippen LogP contribution >= 0.6 is 0 Å². The lowest BCUT2D eigenvalue weighted by Crippen LogP contribution is -2.40. The molecule has 2 aromatic carbocycles. The SMILES string of the molecule is CCOC(=O)/C=C/C(C)(NC(C)=O)c1ccc2ccccc2c1. The van der Waals surface area contributed by atoms with Gasteiger partial charge in [-0.15, -0.1) is 0 Å². The van der Waals surface area contributed by atoms with Crippen LogP contribution in [0, 0.1) is 0 Å². The van der Waals surface area contributed by atoms with Crippen molar-refractivity contribution in [3.05, 3.63) is 60.2 Å². The van der Waals surface area contributed by atoms with Crippen molar-refractivity contribution < 1.29 is 14.3 Å². The number of rotatable bonds is 5. The minimum absolute atomic E-state index is 0.172. The lowest BCUT2D eigenvalue weighted by Gasteiger charge is -2.28. The summed E-state index contributed by atoms with van der Waals surface area (Å²) in [5, 5.41) is 5.10. The molecule has 0 fully saturated rings. The highest BCUT2D eigenvalue weighted by Gasteiger charge is 2.25. The van der Waals surface area contributed by atoms with Gasteiger partial charge in [0, 0.05) is 13.0 Å². The summed E-state index contributed by atoms with van der Waals surface area (Å²) >= 11 is 0. The van der Waals surface area contributed by atoms with Crippen molar-refractivity contribution in [3.8, 4) is 0 Å². The van der Waals surface area contributed by atoms with Crippen LogP contribution in [0.25, 0.3) is 10.8 Å². The van der Waals surface area contributed by atoms with Gasteiger partial charge in [0.05, 0.1) is 12.1 Å². The molecule has 2 aromatic rings. The Morgan fingerprint density at radius 3 is 2.52 bits per heavy atom. The second-order valence-corrected chi connectivity index (χ2v) is 5.53. The highest BCUT2D eigenvalue weighted by atomic mass is 16.5. The Hall–Kier alpha value is -2.62. The molecule has 4 nitrogen and oxygen atoms in total. The molecule has 0 aliphatic rings. The summed E-state index contributed by atoms with van der Waals surface area (Å²) in [7, 11) is 0. The van der Waals surface area contributed by atoms with Crippen molar-refractivity contribution in [2.24, 2.45) is 0 Å². The molecule has 0 heterocycles. The zero-order valence-corrected chi connectivity index (χ0v) is 13.6. The number of carbonyl (C=O) groups is 2. The van der Waals surface area contributed by atoms with Crippen LogP contribution in [0.15, 0.2) is 54.6 Å². The summed E-state index contributed by atoms with van der Waals surface area (Å²) in [5.74, 6) is -0.598. The van der Waals surface area contributed by atoms with Crippen LogP contribution in [0.3, 0.4) is 0 Å². The van der Waals surface area contributed by atoms with Crippen LogP contribution in [0.4, 0.5) is 0 Å². The van der Waals surface area contributed by atoms with Gasteiger partial charge in [-0.05, 0) is 42.3 Å². The van der Waals surface area contributed by atoms with Gasteiger partial charge >= 0.3 is 5.97 Å². The molecule has 0 aromatic heterocycles. The minimum atomic E-state index is -0.789. The molecule has 0 saturated heterocycles. The fourth-order valence-electron chi connectivity index (χ4n) is 2.51. The van der Waals surface area contributed by atoms with Crippen LogP contribution in [0.5, 0.6) is 0 Å². The third kappa shape index (κ3) is 4.19. The molecular formula is C19H21NO3. The molecule has 2 rings (SSSR count). The molecule has 0 saturated carbocycles. The van der Waals surface area contributed by atoms with Gasteiger partial charge in [0.15, 0.2) is 0 Å². The highest BCUT2D eigenvalue weighted by molar-refractivity contribution is 5.85. The van der Waals surface area contributed by atoms with E-state index < -0.39 is 11.5 Å². The number of hydrogen-bond donors (Lipinski definition) is 1. The Bertz CT molecular complexity index is 751. The van der Waals surface area contributed by atoms with Gasteiger partial charge in [-0.25, -0.2) is 4.79 Å². The summed E-state index contributed by atoms with van der Waals surface area (Å²) in [6, 6.07) is 14.0. The predicted octanol–water partition coefficient (Wildman–Crippen LogP) is 3.31. The van der Waals surface area contributed by atoms with Crippen molar-refractivity contribution >= 4 is 22.6 Å². The van der Waals surface area contributed by atoms with E-state index >= 15 is 0 Å². The first-order chi connectivity index (χ1) is 10.9. The maximum atomic E-state index is 11.6. The zero-order chi connectivity index (χ0) is 16.9. The van der Waals surface area contributed by atoms with Crippen molar-refractivity contribution in [1.29, 1.82) is 0 Å². The van der Waals surface area contributed by atoms with Crippen molar-refractivity contribution in [2.45, 2.75) is 26.3 Å². The standard InChI is InChI=1S/C19H21NO3/c1-4-23-18(22)11-12-19(3,20-14(2)21)17-10-9-15-7-5-6-8-16(15)13-17/h5-13H,4H2,1-3H3,(H,20,21)/b12-11+. The van der Waals surface area contributed by atoms with Gasteiger partial charge in [0.1, 0.15) is 0 Å². The van der Waals surface area contributed by atoms with Gasteiger partial charge in [-0.3, -0.25) is 4.79 Å². The molecule has 4 heteroatoms. The first-order valence-electron chi connectivity index (χ1n) is 7.58. The molecule has 0 bridgehead atoms. The Morgan fingerprint density at radius 2 is 1.87 bits per heavy atom. The van der Waals surface area contributed by atoms with Crippen LogP contribution in [-0.4, -0.2) is 18.5 Å². The number of ether oxygens (including phenoxy) is 1. The van der Waals surface area contributed by atoms with Gasteiger partial charge < -0.3 is 10.1 Å². The number of fused-ring (bicyclic) bond motifs is 1. The molecule has 1 unspecified atom stereocenters. The summed E-state index contributed by atoms with van der Waals surface area (Å²) in [6.45, 7) is 5.38. The Morgan fingerprint density at radius 1 is 1.17 bits per heavy atom. The quantitative estimate of drug-likeness (QED) is 0.681. The van der Waals surface area contributed by atoms with E-state index in [0.29, 0.717) is 6.61 Å². The second kappa shape index (κ2) is 7.09. The van der Waals surface area contributed by atoms with Gasteiger partial charge in [0.2, 0.25) is 5.91 Å². The fraction of sp³-hybridized carbons (Fsp3) is 0.263. The van der Waals surface area contributed by atoms with Crippen LogP contribution < -0.4 is 5.32 Å². The van der Waals surface area contributed by atoms with Gasteiger partial charge in [0.25, 0.3) is 0 Å². The van der Waals surface area contributed by atoms with E-state index in [0.717, 1.165) is 16.3 Å². The minimum Gasteiger partial charge on any atom is -0.463 e. The number of hydrogen-bond acceptors (Lipinski definition) is 3. The molecule has 23 heavy (non-hydrogen) atoms. The van der Waals surface area contributed by atoms with Crippen molar-refractivity contribution in [3.63, 3.8) is 0 Å². The van der Waals surface area contributed by atoms with Gasteiger partial charge in [-0.1, -0.05) is 36.4 Å². The fourth-order valence-corrected chi connectivity index (χ4v) is 2.51. The maximum Gasteiger partial charge on any atom is 0.330 e. The average Bonchev–Trinajstić information content (AvgIpc) is 2.52. The molecule has 120 valence electrons. The highest BCUT2D eigenvalue weighted by Crippen LogP contribution is 2.26. The van der Waals surface area contributed by atoms with E-state index in [1.807, 2.05) is 49.4 Å². The Balaban J connectivity index is 2.42. The molecule has 0 aliphatic carbocycles. The second-order valence-electron chi connectivity index (χ2n) is 5.53. The van der Waals surface area contributed by atoms with E-state index in [-0.39, 0.29) is 5.91 Å². The summed E-state index contributed by atoms with van der Waals surface area (Å²) in [5.41, 5.74) is 0.106. The third-order valence-electron chi connectivity index (χ3n) is 3.62. The Kier molecular flexibility index (Phi) is 5.16. The number of benzene rings is 2. The topological polar surface area (TPSA) is 55.4 Å². The number of nitrogens with one attached hydrogen (secondary N) is 1. The lowest BCUT2D eigenvalue weighted by molar-refractivity contribution is -0.137. The largest absolute Gasteiger partial charge is 0.463 e. The number of esters is 1. The molecular weight excluding hydrogens is 290 g/mol. The van der Waals surface area contributed by atoms with E-state index in [1.165, 1.54) is 13.0 Å². The monoisotopic (exact) mass is 311 g/mol. The van der Waals surface area contributed by atoms with E-state index in [4.69, 9.17) is 4.74 Å². The van der Waals surface area contributed by atoms with Crippen LogP contribution in [0.1, 0.15) is 26.3 Å². The van der Waals surface area contributed by atoms with Crippen molar-refractivity contribution in [2.75, 3.05) is 6.61 Å². The molecule has 0 radical (unpaired) electrons. The van der Waals surface area contributed by atoms with Crippen molar-refractivity contribution in [1.82, 2.24) is 5.32 Å². The van der Waals surface area contributed by atoms with Crippen LogP contribution in [0.2, 0.25) is 0 Å². The zero-order valence-electron chi connectivity index (χ0n) is 13.6. The maximum absolute atomic E-state index is 11.6. The molecule has 1 amide bonds. The average molecular weight is 311 g/mol. The van der Waals surface area contributed by atoms with Crippen LogP contribution in [-0.2, 0) is 19.9 Å². The predicted molar refractivity (Wildman–Crippen MR) is 90.9 cm³/mol. The first kappa shape index (κ1) is 16.7. The first-order valence-corrected chi connectivity index (χ1v) is 7.58. The van der Waals surface area contributed by atoms with Gasteiger partial charge in [-0.2, -0.15) is 0 Å².